The van der Waals surface area contributed by atoms with E-state index in [1.54, 1.807) is 18.6 Å². The molecule has 0 atom stereocenters. The first kappa shape index (κ1) is 8.49. The van der Waals surface area contributed by atoms with E-state index in [0.717, 1.165) is 16.9 Å². The molecule has 3 rings (SSSR count). The van der Waals surface area contributed by atoms with Gasteiger partial charge in [0.05, 0.1) is 28.5 Å². The summed E-state index contributed by atoms with van der Waals surface area (Å²) < 4.78 is 1.94. The molecule has 0 saturated carbocycles. The predicted octanol–water partition coefficient (Wildman–Crippen LogP) is 2.38. The lowest BCUT2D eigenvalue weighted by molar-refractivity contribution is 1.09. The van der Waals surface area contributed by atoms with Crippen molar-refractivity contribution in [2.75, 3.05) is 0 Å². The summed E-state index contributed by atoms with van der Waals surface area (Å²) in [6, 6.07) is 3.77. The van der Waals surface area contributed by atoms with E-state index in [9.17, 15) is 0 Å². The molecule has 0 aliphatic carbocycles. The van der Waals surface area contributed by atoms with E-state index in [4.69, 9.17) is 11.6 Å². The first-order valence-corrected chi connectivity index (χ1v) is 4.84. The zero-order chi connectivity index (χ0) is 10.3. The van der Waals surface area contributed by atoms with Gasteiger partial charge in [-0.25, -0.2) is 4.98 Å². The molecule has 3 heterocycles. The molecule has 5 heteroatoms. The van der Waals surface area contributed by atoms with E-state index in [2.05, 4.69) is 15.2 Å². The van der Waals surface area contributed by atoms with Crippen molar-refractivity contribution in [3.05, 3.63) is 41.9 Å². The van der Waals surface area contributed by atoms with Crippen molar-refractivity contribution >= 4 is 17.1 Å². The number of pyridine rings is 1. The molecule has 0 radical (unpaired) electrons. The van der Waals surface area contributed by atoms with Crippen LogP contribution in [0.1, 0.15) is 0 Å². The summed E-state index contributed by atoms with van der Waals surface area (Å²) in [7, 11) is 0. The lowest BCUT2D eigenvalue weighted by atomic mass is 10.3. The van der Waals surface area contributed by atoms with Crippen LogP contribution in [0.25, 0.3) is 16.9 Å². The van der Waals surface area contributed by atoms with Gasteiger partial charge in [-0.3, -0.25) is 9.50 Å². The molecule has 15 heavy (non-hydrogen) atoms. The molecule has 3 aromatic rings. The van der Waals surface area contributed by atoms with Gasteiger partial charge < -0.3 is 0 Å². The van der Waals surface area contributed by atoms with Crippen molar-refractivity contribution in [1.29, 1.82) is 0 Å². The second-order valence-corrected chi connectivity index (χ2v) is 3.65. The lowest BCUT2D eigenvalue weighted by Gasteiger charge is -1.98. The quantitative estimate of drug-likeness (QED) is 0.682. The van der Waals surface area contributed by atoms with Gasteiger partial charge in [-0.05, 0) is 12.1 Å². The number of aromatic nitrogens is 4. The Balaban J connectivity index is 2.32. The second-order valence-electron chi connectivity index (χ2n) is 3.21. The van der Waals surface area contributed by atoms with Gasteiger partial charge in [0, 0.05) is 12.4 Å². The third-order valence-corrected chi connectivity index (χ3v) is 2.47. The fraction of sp³-hybridized carbons (Fsp3) is 0. The number of imidazole rings is 1. The van der Waals surface area contributed by atoms with Crippen LogP contribution in [0, 0.1) is 0 Å². The molecule has 0 spiro atoms. The molecule has 0 amide bonds. The van der Waals surface area contributed by atoms with E-state index in [1.807, 2.05) is 22.7 Å². The summed E-state index contributed by atoms with van der Waals surface area (Å²) in [5, 5.41) is 7.34. The van der Waals surface area contributed by atoms with E-state index in [0.29, 0.717) is 5.02 Å². The summed E-state index contributed by atoms with van der Waals surface area (Å²) in [5.74, 6) is 0.834. The lowest BCUT2D eigenvalue weighted by Crippen LogP contribution is -1.87. The Morgan fingerprint density at radius 2 is 2.20 bits per heavy atom. The zero-order valence-corrected chi connectivity index (χ0v) is 8.44. The van der Waals surface area contributed by atoms with Crippen molar-refractivity contribution < 1.29 is 0 Å². The van der Waals surface area contributed by atoms with Gasteiger partial charge in [0.25, 0.3) is 0 Å². The molecule has 0 fully saturated rings. The number of aromatic amines is 1. The maximum absolute atomic E-state index is 5.94. The first-order valence-electron chi connectivity index (χ1n) is 4.46. The molecule has 74 valence electrons. The van der Waals surface area contributed by atoms with E-state index in [-0.39, 0.29) is 0 Å². The first-order chi connectivity index (χ1) is 7.34. The summed E-state index contributed by atoms with van der Waals surface area (Å²) >= 11 is 5.94. The molecule has 0 bridgehead atoms. The number of rotatable bonds is 1. The van der Waals surface area contributed by atoms with Gasteiger partial charge in [-0.1, -0.05) is 11.6 Å². The molecule has 0 aromatic carbocycles. The summed E-state index contributed by atoms with van der Waals surface area (Å²) in [6.07, 6.45) is 7.18. The van der Waals surface area contributed by atoms with Crippen LogP contribution < -0.4 is 0 Å². The molecule has 1 N–H and O–H groups in total. The number of hydrogen-bond donors (Lipinski definition) is 1. The normalized spacial score (nSPS) is 11.0. The summed E-state index contributed by atoms with van der Waals surface area (Å²) in [5.41, 5.74) is 1.95. The van der Waals surface area contributed by atoms with E-state index < -0.39 is 0 Å². The predicted molar refractivity (Wildman–Crippen MR) is 57.8 cm³/mol. The van der Waals surface area contributed by atoms with Crippen LogP contribution >= 0.6 is 11.6 Å². The van der Waals surface area contributed by atoms with Crippen molar-refractivity contribution in [3.8, 4) is 11.4 Å². The Hall–Kier alpha value is -1.81. The maximum Gasteiger partial charge on any atom is 0.147 e. The molecule has 0 saturated heterocycles. The Labute approximate surface area is 90.5 Å². The maximum atomic E-state index is 5.94. The Bertz CT molecular complexity index is 597. The molecule has 0 unspecified atom stereocenters. The standard InChI is InChI=1S/C10H7ClN4/c11-8-1-2-9-5-12-10(15(9)6-8)7-3-13-14-4-7/h1-6H,(H,13,14). The van der Waals surface area contributed by atoms with Gasteiger partial charge in [0.1, 0.15) is 5.82 Å². The monoisotopic (exact) mass is 218 g/mol. The Morgan fingerprint density at radius 3 is 3.00 bits per heavy atom. The third-order valence-electron chi connectivity index (χ3n) is 2.25. The van der Waals surface area contributed by atoms with Crippen LogP contribution in [-0.2, 0) is 0 Å². The van der Waals surface area contributed by atoms with Gasteiger partial charge in [0.2, 0.25) is 0 Å². The van der Waals surface area contributed by atoms with Crippen molar-refractivity contribution in [2.45, 2.75) is 0 Å². The molecule has 0 aliphatic heterocycles. The number of hydrogen-bond acceptors (Lipinski definition) is 2. The molecule has 4 nitrogen and oxygen atoms in total. The van der Waals surface area contributed by atoms with Gasteiger partial charge in [0.15, 0.2) is 0 Å². The highest BCUT2D eigenvalue weighted by Crippen LogP contribution is 2.20. The molecular weight excluding hydrogens is 212 g/mol. The topological polar surface area (TPSA) is 46.0 Å². The van der Waals surface area contributed by atoms with E-state index in [1.165, 1.54) is 0 Å². The van der Waals surface area contributed by atoms with Gasteiger partial charge >= 0.3 is 0 Å². The fourth-order valence-corrected chi connectivity index (χ4v) is 1.71. The van der Waals surface area contributed by atoms with Crippen LogP contribution in [0.4, 0.5) is 0 Å². The minimum absolute atomic E-state index is 0.685. The highest BCUT2D eigenvalue weighted by molar-refractivity contribution is 6.30. The fourth-order valence-electron chi connectivity index (χ4n) is 1.55. The number of fused-ring (bicyclic) bond motifs is 1. The van der Waals surface area contributed by atoms with Crippen molar-refractivity contribution in [2.24, 2.45) is 0 Å². The second kappa shape index (κ2) is 3.10. The summed E-state index contributed by atoms with van der Waals surface area (Å²) in [4.78, 5) is 4.32. The number of nitrogens with zero attached hydrogens (tertiary/aromatic N) is 3. The zero-order valence-electron chi connectivity index (χ0n) is 7.68. The average molecular weight is 219 g/mol. The number of H-pyrrole nitrogens is 1. The molecule has 3 aromatic heterocycles. The van der Waals surface area contributed by atoms with Crippen LogP contribution in [0.5, 0.6) is 0 Å². The average Bonchev–Trinajstić information content (AvgIpc) is 2.83. The van der Waals surface area contributed by atoms with Gasteiger partial charge in [-0.2, -0.15) is 5.10 Å². The number of halogens is 1. The minimum atomic E-state index is 0.685. The van der Waals surface area contributed by atoms with E-state index >= 15 is 0 Å². The summed E-state index contributed by atoms with van der Waals surface area (Å²) in [6.45, 7) is 0. The smallest absolute Gasteiger partial charge is 0.147 e. The SMILES string of the molecule is Clc1ccc2cnc(-c3cn[nH]c3)n2c1. The van der Waals surface area contributed by atoms with Crippen molar-refractivity contribution in [3.63, 3.8) is 0 Å². The van der Waals surface area contributed by atoms with Crippen molar-refractivity contribution in [1.82, 2.24) is 19.6 Å². The number of nitrogens with one attached hydrogen (secondary N) is 1. The molecule has 0 aliphatic rings. The van der Waals surface area contributed by atoms with Crippen LogP contribution in [0.3, 0.4) is 0 Å². The van der Waals surface area contributed by atoms with Crippen LogP contribution in [-0.4, -0.2) is 19.6 Å². The third kappa shape index (κ3) is 1.30. The highest BCUT2D eigenvalue weighted by atomic mass is 35.5. The van der Waals surface area contributed by atoms with Crippen LogP contribution in [0.15, 0.2) is 36.9 Å². The van der Waals surface area contributed by atoms with Crippen LogP contribution in [0.2, 0.25) is 5.02 Å². The Kier molecular flexibility index (Phi) is 1.76. The largest absolute Gasteiger partial charge is 0.298 e. The molecular formula is C10H7ClN4. The highest BCUT2D eigenvalue weighted by Gasteiger charge is 2.06. The van der Waals surface area contributed by atoms with Gasteiger partial charge in [-0.15, -0.1) is 0 Å². The Morgan fingerprint density at radius 1 is 1.27 bits per heavy atom. The minimum Gasteiger partial charge on any atom is -0.298 e.